The molecule has 0 bridgehead atoms. The van der Waals surface area contributed by atoms with E-state index in [2.05, 4.69) is 18.7 Å². The molecule has 0 unspecified atom stereocenters. The van der Waals surface area contributed by atoms with Crippen molar-refractivity contribution in [2.24, 2.45) is 0 Å². The number of hydrogen-bond acceptors (Lipinski definition) is 5. The minimum atomic E-state index is -3.31. The third kappa shape index (κ3) is 7.90. The Balaban J connectivity index is 3.86. The lowest BCUT2D eigenvalue weighted by atomic mass is 10.4. The van der Waals surface area contributed by atoms with Crippen molar-refractivity contribution in [2.45, 2.75) is 34.1 Å². The summed E-state index contributed by atoms with van der Waals surface area (Å²) in [5.74, 6) is 0. The molecule has 0 amide bonds. The predicted molar refractivity (Wildman–Crippen MR) is 69.2 cm³/mol. The molecule has 0 aromatic carbocycles. The van der Waals surface area contributed by atoms with E-state index in [4.69, 9.17) is 13.6 Å². The molecule has 0 heterocycles. The van der Waals surface area contributed by atoms with Gasteiger partial charge >= 0.3 is 7.82 Å². The van der Waals surface area contributed by atoms with E-state index in [1.807, 2.05) is 0 Å². The molecule has 0 atom stereocenters. The highest BCUT2D eigenvalue weighted by Gasteiger charge is 2.24. The molecule has 0 aliphatic heterocycles. The second-order valence-electron chi connectivity index (χ2n) is 3.50. The predicted octanol–water partition coefficient (Wildman–Crippen LogP) is 2.92. The summed E-state index contributed by atoms with van der Waals surface area (Å²) in [6, 6.07) is 0. The Labute approximate surface area is 105 Å². The van der Waals surface area contributed by atoms with Crippen molar-refractivity contribution in [1.82, 2.24) is 4.90 Å². The van der Waals surface area contributed by atoms with Crippen LogP contribution in [0.4, 0.5) is 0 Å². The summed E-state index contributed by atoms with van der Waals surface area (Å²) in [6.07, 6.45) is 0.825. The van der Waals surface area contributed by atoms with E-state index in [0.29, 0.717) is 19.8 Å². The molecule has 0 radical (unpaired) electrons. The lowest BCUT2D eigenvalue weighted by Gasteiger charge is -2.19. The monoisotopic (exact) mass is 267 g/mol. The highest BCUT2D eigenvalue weighted by molar-refractivity contribution is 7.48. The highest BCUT2D eigenvalue weighted by Crippen LogP contribution is 2.49. The Morgan fingerprint density at radius 3 is 1.88 bits per heavy atom. The van der Waals surface area contributed by atoms with Crippen molar-refractivity contribution in [3.05, 3.63) is 0 Å². The van der Waals surface area contributed by atoms with Crippen LogP contribution in [0.1, 0.15) is 34.1 Å². The lowest BCUT2D eigenvalue weighted by Crippen LogP contribution is -2.24. The molecule has 6 heteroatoms. The third-order valence-electron chi connectivity index (χ3n) is 2.34. The van der Waals surface area contributed by atoms with Crippen molar-refractivity contribution < 1.29 is 18.1 Å². The first-order chi connectivity index (χ1) is 8.11. The van der Waals surface area contributed by atoms with Crippen LogP contribution in [0.3, 0.4) is 0 Å². The molecule has 0 aromatic heterocycles. The van der Waals surface area contributed by atoms with Crippen LogP contribution in [0.15, 0.2) is 0 Å². The number of rotatable bonds is 11. The van der Waals surface area contributed by atoms with Gasteiger partial charge in [0.1, 0.15) is 0 Å². The van der Waals surface area contributed by atoms with Crippen LogP contribution in [0.2, 0.25) is 0 Å². The van der Waals surface area contributed by atoms with E-state index in [1.54, 1.807) is 13.8 Å². The Bertz CT molecular complexity index is 212. The zero-order chi connectivity index (χ0) is 13.1. The van der Waals surface area contributed by atoms with Crippen LogP contribution in [0.25, 0.3) is 0 Å². The SMILES string of the molecule is CCOP(=O)(OCC)OCCCN(CC)CC. The molecule has 0 spiro atoms. The van der Waals surface area contributed by atoms with Crippen LogP contribution >= 0.6 is 7.82 Å². The quantitative estimate of drug-likeness (QED) is 0.425. The Morgan fingerprint density at radius 1 is 0.941 bits per heavy atom. The molecule has 104 valence electrons. The van der Waals surface area contributed by atoms with Gasteiger partial charge in [-0.05, 0) is 33.4 Å². The molecule has 0 aliphatic carbocycles. The Kier molecular flexibility index (Phi) is 10.1. The molecule has 0 N–H and O–H groups in total. The van der Waals surface area contributed by atoms with E-state index < -0.39 is 7.82 Å². The Morgan fingerprint density at radius 2 is 1.47 bits per heavy atom. The van der Waals surface area contributed by atoms with Gasteiger partial charge in [-0.15, -0.1) is 0 Å². The minimum absolute atomic E-state index is 0.327. The summed E-state index contributed by atoms with van der Waals surface area (Å²) in [6.45, 7) is 11.8. The zero-order valence-electron chi connectivity index (χ0n) is 11.5. The molecule has 0 saturated carbocycles. The molecule has 5 nitrogen and oxygen atoms in total. The molecule has 0 aliphatic rings. The maximum Gasteiger partial charge on any atom is 0.474 e. The van der Waals surface area contributed by atoms with Gasteiger partial charge in [0.15, 0.2) is 0 Å². The van der Waals surface area contributed by atoms with E-state index in [0.717, 1.165) is 26.1 Å². The average Bonchev–Trinajstić information content (AvgIpc) is 2.30. The molecular weight excluding hydrogens is 241 g/mol. The van der Waals surface area contributed by atoms with Crippen LogP contribution < -0.4 is 0 Å². The van der Waals surface area contributed by atoms with Gasteiger partial charge < -0.3 is 4.90 Å². The third-order valence-corrected chi connectivity index (χ3v) is 3.98. The second kappa shape index (κ2) is 10.0. The lowest BCUT2D eigenvalue weighted by molar-refractivity contribution is 0.117. The van der Waals surface area contributed by atoms with Crippen LogP contribution in [-0.2, 0) is 18.1 Å². The fourth-order valence-corrected chi connectivity index (χ4v) is 2.64. The van der Waals surface area contributed by atoms with Gasteiger partial charge in [-0.1, -0.05) is 13.8 Å². The fraction of sp³-hybridized carbons (Fsp3) is 1.00. The minimum Gasteiger partial charge on any atom is -0.304 e. The average molecular weight is 267 g/mol. The normalized spacial score (nSPS) is 12.3. The summed E-state index contributed by atoms with van der Waals surface area (Å²) in [5.41, 5.74) is 0. The standard InChI is InChI=1S/C11H26NO4P/c1-5-12(6-2)10-9-11-16-17(13,14-7-3)15-8-4/h5-11H2,1-4H3. The largest absolute Gasteiger partial charge is 0.474 e. The van der Waals surface area contributed by atoms with E-state index in [1.165, 1.54) is 0 Å². The highest BCUT2D eigenvalue weighted by atomic mass is 31.2. The van der Waals surface area contributed by atoms with E-state index in [-0.39, 0.29) is 0 Å². The van der Waals surface area contributed by atoms with Gasteiger partial charge in [-0.25, -0.2) is 4.57 Å². The number of phosphoric ester groups is 1. The van der Waals surface area contributed by atoms with E-state index in [9.17, 15) is 4.57 Å². The second-order valence-corrected chi connectivity index (χ2v) is 5.17. The van der Waals surface area contributed by atoms with Crippen molar-refractivity contribution >= 4 is 7.82 Å². The summed E-state index contributed by atoms with van der Waals surface area (Å²) >= 11 is 0. The van der Waals surface area contributed by atoms with Gasteiger partial charge in [0.05, 0.1) is 19.8 Å². The Hall–Kier alpha value is 0.0700. The number of phosphoric acid groups is 1. The molecule has 0 aromatic rings. The van der Waals surface area contributed by atoms with Crippen molar-refractivity contribution in [2.75, 3.05) is 39.5 Å². The topological polar surface area (TPSA) is 48.0 Å². The van der Waals surface area contributed by atoms with Gasteiger partial charge in [-0.2, -0.15) is 0 Å². The maximum atomic E-state index is 11.9. The van der Waals surface area contributed by atoms with Crippen molar-refractivity contribution in [3.63, 3.8) is 0 Å². The smallest absolute Gasteiger partial charge is 0.304 e. The first-order valence-electron chi connectivity index (χ1n) is 6.37. The first-order valence-corrected chi connectivity index (χ1v) is 7.83. The summed E-state index contributed by atoms with van der Waals surface area (Å²) in [7, 11) is -3.31. The molecule has 0 fully saturated rings. The summed E-state index contributed by atoms with van der Waals surface area (Å²) < 4.78 is 27.2. The van der Waals surface area contributed by atoms with Crippen LogP contribution in [0.5, 0.6) is 0 Å². The van der Waals surface area contributed by atoms with Crippen molar-refractivity contribution in [1.29, 1.82) is 0 Å². The molecule has 0 rings (SSSR count). The van der Waals surface area contributed by atoms with Crippen LogP contribution in [-0.4, -0.2) is 44.4 Å². The maximum absolute atomic E-state index is 11.9. The van der Waals surface area contributed by atoms with Gasteiger partial charge in [0.25, 0.3) is 0 Å². The number of hydrogen-bond donors (Lipinski definition) is 0. The summed E-state index contributed by atoms with van der Waals surface area (Å²) in [4.78, 5) is 2.29. The van der Waals surface area contributed by atoms with Gasteiger partial charge in [-0.3, -0.25) is 13.6 Å². The van der Waals surface area contributed by atoms with Crippen LogP contribution in [0, 0.1) is 0 Å². The number of nitrogens with zero attached hydrogens (tertiary/aromatic N) is 1. The van der Waals surface area contributed by atoms with Gasteiger partial charge in [0, 0.05) is 6.54 Å². The van der Waals surface area contributed by atoms with Crippen molar-refractivity contribution in [3.8, 4) is 0 Å². The summed E-state index contributed by atoms with van der Waals surface area (Å²) in [5, 5.41) is 0. The van der Waals surface area contributed by atoms with Gasteiger partial charge in [0.2, 0.25) is 0 Å². The molecule has 0 saturated heterocycles. The first kappa shape index (κ1) is 17.1. The molecule has 17 heavy (non-hydrogen) atoms. The molecular formula is C11H26NO4P. The van der Waals surface area contributed by atoms with E-state index >= 15 is 0 Å². The fourth-order valence-electron chi connectivity index (χ4n) is 1.43. The zero-order valence-corrected chi connectivity index (χ0v) is 12.4.